The second-order valence-corrected chi connectivity index (χ2v) is 8.08. The number of anilines is 1. The van der Waals surface area contributed by atoms with Crippen LogP contribution in [-0.2, 0) is 21.4 Å². The highest BCUT2D eigenvalue weighted by molar-refractivity contribution is 7.88. The fraction of sp³-hybridized carbons (Fsp3) is 0.600. The van der Waals surface area contributed by atoms with Crippen molar-refractivity contribution in [2.24, 2.45) is 5.92 Å². The van der Waals surface area contributed by atoms with Crippen molar-refractivity contribution in [3.63, 3.8) is 0 Å². The molecule has 1 aliphatic heterocycles. The van der Waals surface area contributed by atoms with Crippen molar-refractivity contribution < 1.29 is 13.2 Å². The van der Waals surface area contributed by atoms with Crippen LogP contribution in [0.25, 0.3) is 0 Å². The predicted octanol–water partition coefficient (Wildman–Crippen LogP) is 0.435. The number of carbonyl (C=O) groups excluding carboxylic acids is 1. The van der Waals surface area contributed by atoms with Crippen molar-refractivity contribution in [3.8, 4) is 0 Å². The van der Waals surface area contributed by atoms with Gasteiger partial charge < -0.3 is 10.2 Å². The molecule has 0 aromatic carbocycles. The van der Waals surface area contributed by atoms with Gasteiger partial charge in [-0.25, -0.2) is 17.7 Å². The molecular weight excluding hydrogens is 316 g/mol. The topological polar surface area (TPSA) is 82.6 Å². The van der Waals surface area contributed by atoms with E-state index in [1.807, 2.05) is 31.1 Å². The van der Waals surface area contributed by atoms with Crippen LogP contribution in [0.4, 0.5) is 5.82 Å². The van der Waals surface area contributed by atoms with Crippen LogP contribution < -0.4 is 10.2 Å². The number of aromatic nitrogens is 1. The minimum absolute atomic E-state index is 0.0958. The van der Waals surface area contributed by atoms with Gasteiger partial charge in [0, 0.05) is 39.9 Å². The lowest BCUT2D eigenvalue weighted by Gasteiger charge is -2.30. The van der Waals surface area contributed by atoms with Crippen molar-refractivity contribution in [2.75, 3.05) is 38.3 Å². The molecule has 2 heterocycles. The zero-order chi connectivity index (χ0) is 17.0. The maximum atomic E-state index is 12.3. The number of pyridine rings is 1. The van der Waals surface area contributed by atoms with Crippen LogP contribution in [0.3, 0.4) is 0 Å². The van der Waals surface area contributed by atoms with Crippen molar-refractivity contribution >= 4 is 21.7 Å². The molecule has 1 amide bonds. The number of carbonyl (C=O) groups is 1. The van der Waals surface area contributed by atoms with E-state index in [0.717, 1.165) is 17.8 Å². The Morgan fingerprint density at radius 2 is 2.22 bits per heavy atom. The van der Waals surface area contributed by atoms with E-state index >= 15 is 0 Å². The summed E-state index contributed by atoms with van der Waals surface area (Å²) in [6.07, 6.45) is 4.33. The highest BCUT2D eigenvalue weighted by atomic mass is 32.2. The van der Waals surface area contributed by atoms with Gasteiger partial charge in [-0.2, -0.15) is 0 Å². The summed E-state index contributed by atoms with van der Waals surface area (Å²) in [6, 6.07) is 3.78. The predicted molar refractivity (Wildman–Crippen MR) is 89.6 cm³/mol. The van der Waals surface area contributed by atoms with Gasteiger partial charge >= 0.3 is 0 Å². The molecule has 1 N–H and O–H groups in total. The lowest BCUT2D eigenvalue weighted by Crippen LogP contribution is -2.44. The van der Waals surface area contributed by atoms with Gasteiger partial charge in [0.2, 0.25) is 15.9 Å². The smallest absolute Gasteiger partial charge is 0.224 e. The quantitative estimate of drug-likeness (QED) is 0.841. The Hall–Kier alpha value is -1.67. The van der Waals surface area contributed by atoms with Gasteiger partial charge in [0.1, 0.15) is 5.82 Å². The molecule has 1 saturated heterocycles. The normalized spacial score (nSPS) is 19.3. The fourth-order valence-corrected chi connectivity index (χ4v) is 3.52. The number of nitrogens with zero attached hydrogens (tertiary/aromatic N) is 3. The van der Waals surface area contributed by atoms with Crippen LogP contribution in [0.5, 0.6) is 0 Å². The molecule has 128 valence electrons. The summed E-state index contributed by atoms with van der Waals surface area (Å²) in [7, 11) is 0.583. The van der Waals surface area contributed by atoms with Crippen LogP contribution in [0.15, 0.2) is 18.3 Å². The Morgan fingerprint density at radius 1 is 1.48 bits per heavy atom. The molecule has 0 bridgehead atoms. The molecular formula is C15H24N4O3S. The molecule has 23 heavy (non-hydrogen) atoms. The van der Waals surface area contributed by atoms with Gasteiger partial charge in [-0.3, -0.25) is 4.79 Å². The third-order valence-electron chi connectivity index (χ3n) is 3.96. The van der Waals surface area contributed by atoms with E-state index in [-0.39, 0.29) is 18.4 Å². The number of hydrogen-bond acceptors (Lipinski definition) is 5. The molecule has 8 heteroatoms. The van der Waals surface area contributed by atoms with E-state index in [1.165, 1.54) is 10.6 Å². The maximum Gasteiger partial charge on any atom is 0.224 e. The van der Waals surface area contributed by atoms with Crippen LogP contribution in [-0.4, -0.2) is 57.1 Å². The number of piperidine rings is 1. The minimum atomic E-state index is -3.24. The number of amides is 1. The van der Waals surface area contributed by atoms with Crippen LogP contribution >= 0.6 is 0 Å². The third-order valence-corrected chi connectivity index (χ3v) is 5.23. The number of rotatable bonds is 5. The lowest BCUT2D eigenvalue weighted by molar-refractivity contribution is -0.126. The van der Waals surface area contributed by atoms with E-state index in [2.05, 4.69) is 10.3 Å². The standard InChI is InChI=1S/C15H24N4O3S/c1-18(2)14-9-12(6-7-16-14)10-17-15(20)13-5-4-8-19(11-13)23(3,21)22/h6-7,9,13H,4-5,8,10-11H2,1-3H3,(H,17,20). The second-order valence-electron chi connectivity index (χ2n) is 6.09. The summed E-state index contributed by atoms with van der Waals surface area (Å²) in [5, 5.41) is 2.90. The molecule has 1 unspecified atom stereocenters. The Kier molecular flexibility index (Phi) is 5.59. The van der Waals surface area contributed by atoms with Crippen molar-refractivity contribution in [2.45, 2.75) is 19.4 Å². The van der Waals surface area contributed by atoms with Crippen molar-refractivity contribution in [1.82, 2.24) is 14.6 Å². The summed E-state index contributed by atoms with van der Waals surface area (Å²) in [4.78, 5) is 18.4. The molecule has 1 atom stereocenters. The minimum Gasteiger partial charge on any atom is -0.363 e. The molecule has 1 fully saturated rings. The van der Waals surface area contributed by atoms with Gasteiger partial charge in [-0.05, 0) is 30.5 Å². The summed E-state index contributed by atoms with van der Waals surface area (Å²) < 4.78 is 24.6. The maximum absolute atomic E-state index is 12.3. The monoisotopic (exact) mass is 340 g/mol. The average Bonchev–Trinajstić information content (AvgIpc) is 2.52. The SMILES string of the molecule is CN(C)c1cc(CNC(=O)C2CCCN(S(C)(=O)=O)C2)ccn1. The largest absolute Gasteiger partial charge is 0.363 e. The molecule has 7 nitrogen and oxygen atoms in total. The molecule has 2 rings (SSSR count). The van der Waals surface area contributed by atoms with E-state index in [4.69, 9.17) is 0 Å². The first-order chi connectivity index (χ1) is 10.8. The van der Waals surface area contributed by atoms with Crippen LogP contribution in [0.2, 0.25) is 0 Å². The highest BCUT2D eigenvalue weighted by Crippen LogP contribution is 2.19. The van der Waals surface area contributed by atoms with Crippen molar-refractivity contribution in [1.29, 1.82) is 0 Å². The summed E-state index contributed by atoms with van der Waals surface area (Å²) in [5.74, 6) is 0.452. The van der Waals surface area contributed by atoms with E-state index in [1.54, 1.807) is 6.20 Å². The molecule has 1 aromatic heterocycles. The van der Waals surface area contributed by atoms with E-state index in [9.17, 15) is 13.2 Å². The second kappa shape index (κ2) is 7.27. The molecule has 0 radical (unpaired) electrons. The highest BCUT2D eigenvalue weighted by Gasteiger charge is 2.29. The average molecular weight is 340 g/mol. The Bertz CT molecular complexity index is 660. The van der Waals surface area contributed by atoms with Gasteiger partial charge in [-0.1, -0.05) is 0 Å². The molecule has 0 spiro atoms. The summed E-state index contributed by atoms with van der Waals surface area (Å²) in [6.45, 7) is 1.18. The van der Waals surface area contributed by atoms with E-state index in [0.29, 0.717) is 19.5 Å². The lowest BCUT2D eigenvalue weighted by atomic mass is 9.99. The summed E-state index contributed by atoms with van der Waals surface area (Å²) >= 11 is 0. The zero-order valence-electron chi connectivity index (χ0n) is 13.8. The van der Waals surface area contributed by atoms with Gasteiger partial charge in [-0.15, -0.1) is 0 Å². The molecule has 0 aliphatic carbocycles. The first kappa shape index (κ1) is 17.7. The Labute approximate surface area is 137 Å². The number of nitrogens with one attached hydrogen (secondary N) is 1. The van der Waals surface area contributed by atoms with Gasteiger partial charge in [0.15, 0.2) is 0 Å². The summed E-state index contributed by atoms with van der Waals surface area (Å²) in [5.41, 5.74) is 0.966. The first-order valence-electron chi connectivity index (χ1n) is 7.62. The Balaban J connectivity index is 1.93. The molecule has 1 aromatic rings. The number of hydrogen-bond donors (Lipinski definition) is 1. The first-order valence-corrected chi connectivity index (χ1v) is 9.47. The van der Waals surface area contributed by atoms with Crippen LogP contribution in [0.1, 0.15) is 18.4 Å². The van der Waals surface area contributed by atoms with Gasteiger partial charge in [0.05, 0.1) is 12.2 Å². The van der Waals surface area contributed by atoms with Crippen molar-refractivity contribution in [3.05, 3.63) is 23.9 Å². The zero-order valence-corrected chi connectivity index (χ0v) is 14.6. The fourth-order valence-electron chi connectivity index (χ4n) is 2.61. The molecule has 1 aliphatic rings. The Morgan fingerprint density at radius 3 is 2.87 bits per heavy atom. The third kappa shape index (κ3) is 4.90. The van der Waals surface area contributed by atoms with E-state index < -0.39 is 10.0 Å². The molecule has 0 saturated carbocycles. The number of sulfonamides is 1. The van der Waals surface area contributed by atoms with Crippen LogP contribution in [0, 0.1) is 5.92 Å². The van der Waals surface area contributed by atoms with Gasteiger partial charge in [0.25, 0.3) is 0 Å².